The van der Waals surface area contributed by atoms with Gasteiger partial charge in [-0.1, -0.05) is 30.7 Å². The fraction of sp³-hybridized carbons (Fsp3) is 0.647. The third-order valence-corrected chi connectivity index (χ3v) is 4.46. The number of β-amino-alcohol motifs (C(OH)–C–C–N with tert-alkyl or cyclic N) is 1. The van der Waals surface area contributed by atoms with Gasteiger partial charge in [-0.2, -0.15) is 0 Å². The molecule has 2 atom stereocenters. The Kier molecular flexibility index (Phi) is 6.06. The second-order valence-corrected chi connectivity index (χ2v) is 6.76. The van der Waals surface area contributed by atoms with Crippen molar-refractivity contribution in [1.82, 2.24) is 10.2 Å². The van der Waals surface area contributed by atoms with Crippen molar-refractivity contribution in [2.75, 3.05) is 26.2 Å². The molecular formula is C17H27ClN2O. The maximum atomic E-state index is 10.2. The number of hydrogen-bond acceptors (Lipinski definition) is 3. The summed E-state index contributed by atoms with van der Waals surface area (Å²) in [6.45, 7) is 7.91. The molecule has 1 aromatic carbocycles. The van der Waals surface area contributed by atoms with Crippen LogP contribution < -0.4 is 5.32 Å². The molecule has 118 valence electrons. The van der Waals surface area contributed by atoms with Crippen LogP contribution in [0.4, 0.5) is 0 Å². The van der Waals surface area contributed by atoms with Gasteiger partial charge in [0.1, 0.15) is 0 Å². The van der Waals surface area contributed by atoms with E-state index in [2.05, 4.69) is 29.3 Å². The Balaban J connectivity index is 1.92. The molecule has 0 aliphatic carbocycles. The van der Waals surface area contributed by atoms with Crippen LogP contribution in [-0.2, 0) is 0 Å². The molecule has 1 aromatic rings. The molecule has 0 aromatic heterocycles. The average molecular weight is 311 g/mol. The number of likely N-dealkylation sites (tertiary alicyclic amines) is 1. The van der Waals surface area contributed by atoms with E-state index < -0.39 is 5.60 Å². The van der Waals surface area contributed by atoms with E-state index >= 15 is 0 Å². The van der Waals surface area contributed by atoms with Crippen molar-refractivity contribution in [2.24, 2.45) is 0 Å². The van der Waals surface area contributed by atoms with Crippen molar-refractivity contribution in [1.29, 1.82) is 0 Å². The summed E-state index contributed by atoms with van der Waals surface area (Å²) in [6.07, 6.45) is 3.04. The number of piperidine rings is 1. The Hall–Kier alpha value is -0.610. The van der Waals surface area contributed by atoms with Crippen LogP contribution >= 0.6 is 11.6 Å². The van der Waals surface area contributed by atoms with Crippen LogP contribution in [0.5, 0.6) is 0 Å². The SMILES string of the molecule is CCNC(CCN1CCCC(C)(O)C1)c1ccc(Cl)cc1. The van der Waals surface area contributed by atoms with Gasteiger partial charge < -0.3 is 15.3 Å². The molecule has 1 aliphatic heterocycles. The third kappa shape index (κ3) is 5.26. The van der Waals surface area contributed by atoms with E-state index in [0.717, 1.165) is 50.5 Å². The summed E-state index contributed by atoms with van der Waals surface area (Å²) < 4.78 is 0. The minimum absolute atomic E-state index is 0.346. The Bertz CT molecular complexity index is 433. The van der Waals surface area contributed by atoms with Crippen LogP contribution in [0.1, 0.15) is 44.7 Å². The van der Waals surface area contributed by atoms with Gasteiger partial charge in [0, 0.05) is 24.2 Å². The van der Waals surface area contributed by atoms with Gasteiger partial charge in [0.15, 0.2) is 0 Å². The van der Waals surface area contributed by atoms with Gasteiger partial charge in [0.05, 0.1) is 5.60 Å². The molecule has 2 N–H and O–H groups in total. The minimum Gasteiger partial charge on any atom is -0.389 e. The molecule has 3 nitrogen and oxygen atoms in total. The number of nitrogens with one attached hydrogen (secondary N) is 1. The average Bonchev–Trinajstić information content (AvgIpc) is 2.43. The van der Waals surface area contributed by atoms with Gasteiger partial charge in [-0.15, -0.1) is 0 Å². The van der Waals surface area contributed by atoms with Crippen LogP contribution in [0.3, 0.4) is 0 Å². The van der Waals surface area contributed by atoms with Gasteiger partial charge in [-0.05, 0) is 57.0 Å². The summed E-state index contributed by atoms with van der Waals surface area (Å²) in [7, 11) is 0. The molecule has 1 saturated heterocycles. The number of benzene rings is 1. The highest BCUT2D eigenvalue weighted by atomic mass is 35.5. The lowest BCUT2D eigenvalue weighted by Gasteiger charge is -2.37. The molecule has 0 amide bonds. The van der Waals surface area contributed by atoms with Crippen molar-refractivity contribution in [3.63, 3.8) is 0 Å². The highest BCUT2D eigenvalue weighted by molar-refractivity contribution is 6.30. The third-order valence-electron chi connectivity index (χ3n) is 4.21. The van der Waals surface area contributed by atoms with E-state index in [0.29, 0.717) is 6.04 Å². The summed E-state index contributed by atoms with van der Waals surface area (Å²) in [6, 6.07) is 8.45. The van der Waals surface area contributed by atoms with E-state index in [9.17, 15) is 5.11 Å². The number of halogens is 1. The quantitative estimate of drug-likeness (QED) is 0.847. The first-order valence-corrected chi connectivity index (χ1v) is 8.31. The zero-order chi connectivity index (χ0) is 15.3. The molecule has 2 unspecified atom stereocenters. The van der Waals surface area contributed by atoms with E-state index in [1.165, 1.54) is 5.56 Å². The molecule has 21 heavy (non-hydrogen) atoms. The lowest BCUT2D eigenvalue weighted by molar-refractivity contribution is -0.0163. The second-order valence-electron chi connectivity index (χ2n) is 6.33. The highest BCUT2D eigenvalue weighted by Crippen LogP contribution is 2.23. The molecular weight excluding hydrogens is 284 g/mol. The first-order chi connectivity index (χ1) is 10.00. The molecule has 1 fully saturated rings. The summed E-state index contributed by atoms with van der Waals surface area (Å²) in [4.78, 5) is 2.38. The van der Waals surface area contributed by atoms with Crippen molar-refractivity contribution in [2.45, 2.75) is 44.8 Å². The largest absolute Gasteiger partial charge is 0.389 e. The van der Waals surface area contributed by atoms with E-state index in [4.69, 9.17) is 11.6 Å². The van der Waals surface area contributed by atoms with Gasteiger partial charge in [0.25, 0.3) is 0 Å². The van der Waals surface area contributed by atoms with E-state index in [1.54, 1.807) is 0 Å². The van der Waals surface area contributed by atoms with Gasteiger partial charge in [-0.3, -0.25) is 0 Å². The van der Waals surface area contributed by atoms with Crippen molar-refractivity contribution >= 4 is 11.6 Å². The molecule has 0 saturated carbocycles. The first-order valence-electron chi connectivity index (χ1n) is 7.94. The standard InChI is InChI=1S/C17H27ClN2O/c1-3-19-16(14-5-7-15(18)8-6-14)9-12-20-11-4-10-17(2,21)13-20/h5-8,16,19,21H,3-4,9-13H2,1-2H3. The summed E-state index contributed by atoms with van der Waals surface area (Å²) >= 11 is 5.97. The van der Waals surface area contributed by atoms with Crippen LogP contribution in [0.15, 0.2) is 24.3 Å². The minimum atomic E-state index is -0.522. The lowest BCUT2D eigenvalue weighted by atomic mass is 9.94. The molecule has 1 aliphatic rings. The predicted molar refractivity (Wildman–Crippen MR) is 88.8 cm³/mol. The van der Waals surface area contributed by atoms with Crippen molar-refractivity contribution in [3.8, 4) is 0 Å². The van der Waals surface area contributed by atoms with E-state index in [1.807, 2.05) is 19.1 Å². The number of rotatable bonds is 6. The highest BCUT2D eigenvalue weighted by Gasteiger charge is 2.28. The second kappa shape index (κ2) is 7.59. The number of nitrogens with zero attached hydrogens (tertiary/aromatic N) is 1. The zero-order valence-electron chi connectivity index (χ0n) is 13.1. The molecule has 1 heterocycles. The Morgan fingerprint density at radius 1 is 1.38 bits per heavy atom. The normalized spacial score (nSPS) is 25.0. The number of hydrogen-bond donors (Lipinski definition) is 2. The van der Waals surface area contributed by atoms with Crippen molar-refractivity contribution in [3.05, 3.63) is 34.9 Å². The number of aliphatic hydroxyl groups is 1. The summed E-state index contributed by atoms with van der Waals surface area (Å²) in [5.41, 5.74) is 0.761. The maximum Gasteiger partial charge on any atom is 0.0746 e. The monoisotopic (exact) mass is 310 g/mol. The van der Waals surface area contributed by atoms with Crippen LogP contribution in [0.25, 0.3) is 0 Å². The van der Waals surface area contributed by atoms with Gasteiger partial charge in [-0.25, -0.2) is 0 Å². The fourth-order valence-corrected chi connectivity index (χ4v) is 3.28. The zero-order valence-corrected chi connectivity index (χ0v) is 13.9. The molecule has 2 rings (SSSR count). The topological polar surface area (TPSA) is 35.5 Å². The lowest BCUT2D eigenvalue weighted by Crippen LogP contribution is -2.46. The fourth-order valence-electron chi connectivity index (χ4n) is 3.15. The molecule has 0 radical (unpaired) electrons. The predicted octanol–water partition coefficient (Wildman–Crippen LogP) is 3.23. The Morgan fingerprint density at radius 2 is 2.10 bits per heavy atom. The molecule has 0 bridgehead atoms. The smallest absolute Gasteiger partial charge is 0.0746 e. The summed E-state index contributed by atoms with van der Waals surface area (Å²) in [5.74, 6) is 0. The Morgan fingerprint density at radius 3 is 2.71 bits per heavy atom. The van der Waals surface area contributed by atoms with Crippen molar-refractivity contribution < 1.29 is 5.11 Å². The molecule has 4 heteroatoms. The molecule has 0 spiro atoms. The van der Waals surface area contributed by atoms with Gasteiger partial charge >= 0.3 is 0 Å². The first kappa shape index (κ1) is 16.8. The summed E-state index contributed by atoms with van der Waals surface area (Å²) in [5, 5.41) is 14.5. The van der Waals surface area contributed by atoms with Crippen LogP contribution in [-0.4, -0.2) is 41.8 Å². The maximum absolute atomic E-state index is 10.2. The van der Waals surface area contributed by atoms with Gasteiger partial charge in [0.2, 0.25) is 0 Å². The van der Waals surface area contributed by atoms with E-state index in [-0.39, 0.29) is 0 Å². The van der Waals surface area contributed by atoms with Crippen LogP contribution in [0.2, 0.25) is 5.02 Å². The Labute approximate surface area is 133 Å². The van der Waals surface area contributed by atoms with Crippen LogP contribution in [0, 0.1) is 0 Å².